The van der Waals surface area contributed by atoms with Gasteiger partial charge in [0.15, 0.2) is 0 Å². The van der Waals surface area contributed by atoms with Crippen molar-refractivity contribution in [2.24, 2.45) is 5.73 Å². The summed E-state index contributed by atoms with van der Waals surface area (Å²) < 4.78 is 0. The summed E-state index contributed by atoms with van der Waals surface area (Å²) in [4.78, 5) is 9.30. The lowest BCUT2D eigenvalue weighted by atomic mass is 10.0. The van der Waals surface area contributed by atoms with Crippen LogP contribution in [0, 0.1) is 0 Å². The molecule has 1 fully saturated rings. The predicted octanol–water partition coefficient (Wildman–Crippen LogP) is 0.937. The van der Waals surface area contributed by atoms with E-state index in [1.165, 1.54) is 25.1 Å². The van der Waals surface area contributed by atoms with Crippen LogP contribution in [0.5, 0.6) is 0 Å². The fourth-order valence-corrected chi connectivity index (χ4v) is 2.64. The molecule has 4 nitrogen and oxygen atoms in total. The van der Waals surface area contributed by atoms with Gasteiger partial charge in [-0.05, 0) is 38.6 Å². The van der Waals surface area contributed by atoms with E-state index in [-0.39, 0.29) is 0 Å². The number of hydrogen-bond acceptors (Lipinski definition) is 4. The van der Waals surface area contributed by atoms with Crippen LogP contribution in [-0.2, 0) is 6.54 Å². The molecule has 1 unspecified atom stereocenters. The van der Waals surface area contributed by atoms with Gasteiger partial charge >= 0.3 is 0 Å². The number of hydrogen-bond donors (Lipinski definition) is 1. The Morgan fingerprint density at radius 1 is 1.50 bits per heavy atom. The van der Waals surface area contributed by atoms with Gasteiger partial charge in [-0.1, -0.05) is 6.07 Å². The van der Waals surface area contributed by atoms with E-state index in [2.05, 4.69) is 34.0 Å². The number of nitrogens with two attached hydrogens (primary N) is 1. The first-order valence-corrected chi connectivity index (χ1v) is 6.82. The van der Waals surface area contributed by atoms with Gasteiger partial charge in [0.1, 0.15) is 0 Å². The number of piperidine rings is 1. The lowest BCUT2D eigenvalue weighted by Gasteiger charge is -2.37. The molecule has 0 saturated carbocycles. The van der Waals surface area contributed by atoms with Crippen LogP contribution in [0.1, 0.15) is 18.5 Å². The molecule has 0 amide bonds. The standard InChI is InChI=1S/C14H24N4/c1-17(10-7-15)14-6-4-9-18(12-14)11-13-5-2-3-8-16-13/h2-3,5,8,14H,4,6-7,9-12,15H2,1H3. The molecule has 1 aromatic rings. The summed E-state index contributed by atoms with van der Waals surface area (Å²) in [5.41, 5.74) is 6.80. The monoisotopic (exact) mass is 248 g/mol. The Hall–Kier alpha value is -0.970. The average molecular weight is 248 g/mol. The van der Waals surface area contributed by atoms with Gasteiger partial charge in [-0.2, -0.15) is 0 Å². The summed E-state index contributed by atoms with van der Waals surface area (Å²) in [6.45, 7) is 5.01. The zero-order chi connectivity index (χ0) is 12.8. The summed E-state index contributed by atoms with van der Waals surface area (Å²) in [6.07, 6.45) is 4.43. The second-order valence-corrected chi connectivity index (χ2v) is 5.12. The third kappa shape index (κ3) is 3.77. The third-order valence-corrected chi connectivity index (χ3v) is 3.70. The predicted molar refractivity (Wildman–Crippen MR) is 74.2 cm³/mol. The molecule has 0 bridgehead atoms. The minimum Gasteiger partial charge on any atom is -0.329 e. The van der Waals surface area contributed by atoms with Gasteiger partial charge in [-0.15, -0.1) is 0 Å². The van der Waals surface area contributed by atoms with Crippen LogP contribution < -0.4 is 5.73 Å². The summed E-state index contributed by atoms with van der Waals surface area (Å²) in [5, 5.41) is 0. The van der Waals surface area contributed by atoms with E-state index in [0.29, 0.717) is 6.04 Å². The fraction of sp³-hybridized carbons (Fsp3) is 0.643. The average Bonchev–Trinajstić information content (AvgIpc) is 2.40. The van der Waals surface area contributed by atoms with Crippen molar-refractivity contribution in [2.75, 3.05) is 33.2 Å². The highest BCUT2D eigenvalue weighted by Crippen LogP contribution is 2.16. The summed E-state index contributed by atoms with van der Waals surface area (Å²) in [5.74, 6) is 0. The van der Waals surface area contributed by atoms with Crippen LogP contribution in [0.25, 0.3) is 0 Å². The van der Waals surface area contributed by atoms with Gasteiger partial charge in [-0.25, -0.2) is 0 Å². The molecule has 0 aliphatic carbocycles. The molecule has 1 atom stereocenters. The third-order valence-electron chi connectivity index (χ3n) is 3.70. The normalized spacial score (nSPS) is 21.4. The SMILES string of the molecule is CN(CCN)C1CCCN(Cc2ccccn2)C1. The second kappa shape index (κ2) is 6.83. The van der Waals surface area contributed by atoms with Gasteiger partial charge in [0.05, 0.1) is 5.69 Å². The first kappa shape index (κ1) is 13.5. The lowest BCUT2D eigenvalue weighted by Crippen LogP contribution is -2.47. The number of aromatic nitrogens is 1. The Morgan fingerprint density at radius 2 is 2.39 bits per heavy atom. The second-order valence-electron chi connectivity index (χ2n) is 5.12. The van der Waals surface area contributed by atoms with Gasteiger partial charge in [0.2, 0.25) is 0 Å². The van der Waals surface area contributed by atoms with Crippen molar-refractivity contribution in [3.8, 4) is 0 Å². The van der Waals surface area contributed by atoms with E-state index in [1.54, 1.807) is 0 Å². The highest BCUT2D eigenvalue weighted by atomic mass is 15.2. The highest BCUT2D eigenvalue weighted by molar-refractivity contribution is 5.03. The molecule has 0 spiro atoms. The molecule has 1 saturated heterocycles. The van der Waals surface area contributed by atoms with Gasteiger partial charge in [0, 0.05) is 38.4 Å². The highest BCUT2D eigenvalue weighted by Gasteiger charge is 2.22. The van der Waals surface area contributed by atoms with Crippen molar-refractivity contribution < 1.29 is 0 Å². The number of likely N-dealkylation sites (tertiary alicyclic amines) is 1. The van der Waals surface area contributed by atoms with Crippen molar-refractivity contribution >= 4 is 0 Å². The van der Waals surface area contributed by atoms with E-state index in [0.717, 1.165) is 26.2 Å². The lowest BCUT2D eigenvalue weighted by molar-refractivity contribution is 0.113. The maximum atomic E-state index is 5.63. The van der Waals surface area contributed by atoms with Crippen LogP contribution in [-0.4, -0.2) is 54.1 Å². The number of pyridine rings is 1. The van der Waals surface area contributed by atoms with E-state index >= 15 is 0 Å². The molecule has 2 rings (SSSR count). The molecule has 1 aliphatic heterocycles. The maximum Gasteiger partial charge on any atom is 0.0543 e. The molecule has 2 heterocycles. The zero-order valence-electron chi connectivity index (χ0n) is 11.3. The molecular formula is C14H24N4. The van der Waals surface area contributed by atoms with Gasteiger partial charge in [0.25, 0.3) is 0 Å². The Kier molecular flexibility index (Phi) is 5.11. The van der Waals surface area contributed by atoms with E-state index in [1.807, 2.05) is 12.3 Å². The smallest absolute Gasteiger partial charge is 0.0543 e. The van der Waals surface area contributed by atoms with E-state index in [9.17, 15) is 0 Å². The number of rotatable bonds is 5. The van der Waals surface area contributed by atoms with Gasteiger partial charge in [-0.3, -0.25) is 9.88 Å². The molecule has 0 aromatic carbocycles. The Bertz CT molecular complexity index is 341. The molecule has 1 aromatic heterocycles. The maximum absolute atomic E-state index is 5.63. The van der Waals surface area contributed by atoms with Crippen LogP contribution in [0.3, 0.4) is 0 Å². The molecule has 0 radical (unpaired) electrons. The largest absolute Gasteiger partial charge is 0.329 e. The zero-order valence-corrected chi connectivity index (χ0v) is 11.3. The minimum atomic E-state index is 0.644. The Morgan fingerprint density at radius 3 is 3.11 bits per heavy atom. The van der Waals surface area contributed by atoms with Crippen molar-refractivity contribution in [1.82, 2.24) is 14.8 Å². The molecule has 2 N–H and O–H groups in total. The van der Waals surface area contributed by atoms with E-state index < -0.39 is 0 Å². The Balaban J connectivity index is 1.87. The summed E-state index contributed by atoms with van der Waals surface area (Å²) in [6, 6.07) is 6.78. The van der Waals surface area contributed by atoms with Crippen molar-refractivity contribution in [1.29, 1.82) is 0 Å². The van der Waals surface area contributed by atoms with Gasteiger partial charge < -0.3 is 10.6 Å². The summed E-state index contributed by atoms with van der Waals surface area (Å²) >= 11 is 0. The van der Waals surface area contributed by atoms with Crippen LogP contribution in [0.2, 0.25) is 0 Å². The quantitative estimate of drug-likeness (QED) is 0.842. The molecule has 4 heteroatoms. The minimum absolute atomic E-state index is 0.644. The Labute approximate surface area is 110 Å². The van der Waals surface area contributed by atoms with Crippen molar-refractivity contribution in [3.63, 3.8) is 0 Å². The van der Waals surface area contributed by atoms with Crippen LogP contribution in [0.4, 0.5) is 0 Å². The number of likely N-dealkylation sites (N-methyl/N-ethyl adjacent to an activating group) is 1. The molecule has 1 aliphatic rings. The first-order valence-electron chi connectivity index (χ1n) is 6.82. The van der Waals surface area contributed by atoms with Crippen molar-refractivity contribution in [3.05, 3.63) is 30.1 Å². The van der Waals surface area contributed by atoms with Crippen LogP contribution >= 0.6 is 0 Å². The van der Waals surface area contributed by atoms with E-state index in [4.69, 9.17) is 5.73 Å². The first-order chi connectivity index (χ1) is 8.79. The summed E-state index contributed by atoms with van der Waals surface area (Å²) in [7, 11) is 2.18. The molecular weight excluding hydrogens is 224 g/mol. The number of nitrogens with zero attached hydrogens (tertiary/aromatic N) is 3. The van der Waals surface area contributed by atoms with Crippen molar-refractivity contribution in [2.45, 2.75) is 25.4 Å². The topological polar surface area (TPSA) is 45.4 Å². The fourth-order valence-electron chi connectivity index (χ4n) is 2.64. The molecule has 18 heavy (non-hydrogen) atoms. The molecule has 100 valence electrons. The van der Waals surface area contributed by atoms with Crippen LogP contribution in [0.15, 0.2) is 24.4 Å².